The van der Waals surface area contributed by atoms with Crippen molar-refractivity contribution in [3.63, 3.8) is 0 Å². The van der Waals surface area contributed by atoms with E-state index in [1.54, 1.807) is 0 Å². The Kier molecular flexibility index (Phi) is 3.66. The molecule has 0 fully saturated rings. The molecule has 0 spiro atoms. The maximum Gasteiger partial charge on any atom is 0.339 e. The van der Waals surface area contributed by atoms with Crippen molar-refractivity contribution in [2.24, 2.45) is 0 Å². The Labute approximate surface area is 94.1 Å². The van der Waals surface area contributed by atoms with Crippen LogP contribution in [0.15, 0.2) is 16.6 Å². The third-order valence-electron chi connectivity index (χ3n) is 1.59. The van der Waals surface area contributed by atoms with Crippen LogP contribution in [0.4, 0.5) is 0 Å². The van der Waals surface area contributed by atoms with E-state index in [9.17, 15) is 9.59 Å². The van der Waals surface area contributed by atoms with Crippen molar-refractivity contribution >= 4 is 39.8 Å². The second-order valence-corrected chi connectivity index (χ2v) is 3.71. The Morgan fingerprint density at radius 3 is 2.71 bits per heavy atom. The molecular formula is C9H6BrClO3. The molecule has 0 amide bonds. The zero-order valence-corrected chi connectivity index (χ0v) is 9.55. The summed E-state index contributed by atoms with van der Waals surface area (Å²) >= 11 is 8.97. The molecule has 0 aliphatic rings. The van der Waals surface area contributed by atoms with Gasteiger partial charge in [0.05, 0.1) is 17.7 Å². The molecular weight excluding hydrogens is 271 g/mol. The van der Waals surface area contributed by atoms with Crippen LogP contribution in [0.5, 0.6) is 0 Å². The lowest BCUT2D eigenvalue weighted by Crippen LogP contribution is -2.03. The summed E-state index contributed by atoms with van der Waals surface area (Å²) < 4.78 is 5.00. The average molecular weight is 278 g/mol. The molecule has 3 nitrogen and oxygen atoms in total. The molecule has 0 atom stereocenters. The highest BCUT2D eigenvalue weighted by Gasteiger charge is 2.14. The number of carbonyl (C=O) groups is 2. The monoisotopic (exact) mass is 276 g/mol. The summed E-state index contributed by atoms with van der Waals surface area (Å²) in [6, 6.07) is 2.91. The van der Waals surface area contributed by atoms with Crippen LogP contribution in [0.2, 0.25) is 5.02 Å². The number of halogens is 2. The van der Waals surface area contributed by atoms with Crippen LogP contribution in [0.3, 0.4) is 0 Å². The molecule has 0 saturated carbocycles. The number of carbonyl (C=O) groups excluding carboxylic acids is 2. The van der Waals surface area contributed by atoms with E-state index in [0.29, 0.717) is 16.3 Å². The summed E-state index contributed by atoms with van der Waals surface area (Å²) in [4.78, 5) is 21.7. The number of hydrogen-bond acceptors (Lipinski definition) is 3. The molecule has 0 aliphatic carbocycles. The van der Waals surface area contributed by atoms with Crippen LogP contribution in [-0.2, 0) is 4.74 Å². The highest BCUT2D eigenvalue weighted by Crippen LogP contribution is 2.28. The molecule has 0 aliphatic heterocycles. The standard InChI is InChI=1S/C9H6BrClO3/c1-14-9(13)6-2-5(4-12)3-7(10)8(6)11/h2-4H,1H3. The second-order valence-electron chi connectivity index (χ2n) is 2.47. The van der Waals surface area contributed by atoms with E-state index < -0.39 is 5.97 Å². The van der Waals surface area contributed by atoms with Crippen LogP contribution in [0.25, 0.3) is 0 Å². The smallest absolute Gasteiger partial charge is 0.339 e. The van der Waals surface area contributed by atoms with Crippen molar-refractivity contribution < 1.29 is 14.3 Å². The van der Waals surface area contributed by atoms with Gasteiger partial charge in [0.1, 0.15) is 6.29 Å². The lowest BCUT2D eigenvalue weighted by Gasteiger charge is -2.04. The van der Waals surface area contributed by atoms with Gasteiger partial charge in [-0.1, -0.05) is 11.6 Å². The Morgan fingerprint density at radius 1 is 1.57 bits per heavy atom. The predicted molar refractivity (Wildman–Crippen MR) is 55.9 cm³/mol. The Morgan fingerprint density at radius 2 is 2.21 bits per heavy atom. The number of ether oxygens (including phenoxy) is 1. The maximum atomic E-state index is 11.2. The SMILES string of the molecule is COC(=O)c1cc(C=O)cc(Br)c1Cl. The van der Waals surface area contributed by atoms with Crippen molar-refractivity contribution in [3.8, 4) is 0 Å². The fourth-order valence-electron chi connectivity index (χ4n) is 0.937. The summed E-state index contributed by atoms with van der Waals surface area (Å²) in [6.07, 6.45) is 0.632. The van der Waals surface area contributed by atoms with Gasteiger partial charge < -0.3 is 4.74 Å². The summed E-state index contributed by atoms with van der Waals surface area (Å²) in [7, 11) is 1.25. The molecule has 14 heavy (non-hydrogen) atoms. The molecule has 1 rings (SSSR count). The van der Waals surface area contributed by atoms with Crippen molar-refractivity contribution in [1.29, 1.82) is 0 Å². The fourth-order valence-corrected chi connectivity index (χ4v) is 1.60. The van der Waals surface area contributed by atoms with E-state index in [0.717, 1.165) is 0 Å². The van der Waals surface area contributed by atoms with Gasteiger partial charge in [-0.05, 0) is 28.1 Å². The largest absolute Gasteiger partial charge is 0.465 e. The van der Waals surface area contributed by atoms with E-state index in [1.807, 2.05) is 0 Å². The van der Waals surface area contributed by atoms with Gasteiger partial charge in [-0.15, -0.1) is 0 Å². The van der Waals surface area contributed by atoms with Gasteiger partial charge >= 0.3 is 5.97 Å². The van der Waals surface area contributed by atoms with Gasteiger partial charge in [0, 0.05) is 10.0 Å². The molecule has 0 heterocycles. The van der Waals surface area contributed by atoms with Crippen molar-refractivity contribution in [2.75, 3.05) is 7.11 Å². The molecule has 0 N–H and O–H groups in total. The number of aldehydes is 1. The van der Waals surface area contributed by atoms with Gasteiger partial charge in [0.25, 0.3) is 0 Å². The maximum absolute atomic E-state index is 11.2. The Hall–Kier alpha value is -0.870. The quantitative estimate of drug-likeness (QED) is 0.616. The molecule has 0 saturated heterocycles. The van der Waals surface area contributed by atoms with Crippen LogP contribution < -0.4 is 0 Å². The normalized spacial score (nSPS) is 9.64. The van der Waals surface area contributed by atoms with Crippen molar-refractivity contribution in [3.05, 3.63) is 32.8 Å². The Bertz CT molecular complexity index is 390. The number of esters is 1. The van der Waals surface area contributed by atoms with Crippen LogP contribution >= 0.6 is 27.5 Å². The van der Waals surface area contributed by atoms with E-state index in [4.69, 9.17) is 11.6 Å². The van der Waals surface area contributed by atoms with Crippen molar-refractivity contribution in [1.82, 2.24) is 0 Å². The molecule has 0 unspecified atom stereocenters. The zero-order chi connectivity index (χ0) is 10.7. The van der Waals surface area contributed by atoms with Crippen LogP contribution in [-0.4, -0.2) is 19.4 Å². The topological polar surface area (TPSA) is 43.4 Å². The predicted octanol–water partition coefficient (Wildman–Crippen LogP) is 2.70. The summed E-state index contributed by atoms with van der Waals surface area (Å²) in [5, 5.41) is 0.238. The summed E-state index contributed by atoms with van der Waals surface area (Å²) in [5.41, 5.74) is 0.535. The number of hydrogen-bond donors (Lipinski definition) is 0. The number of benzene rings is 1. The second kappa shape index (κ2) is 4.57. The first-order chi connectivity index (χ1) is 6.60. The molecule has 0 aromatic heterocycles. The van der Waals surface area contributed by atoms with E-state index >= 15 is 0 Å². The fraction of sp³-hybridized carbons (Fsp3) is 0.111. The molecule has 0 radical (unpaired) electrons. The lowest BCUT2D eigenvalue weighted by atomic mass is 10.1. The highest BCUT2D eigenvalue weighted by molar-refractivity contribution is 9.10. The minimum Gasteiger partial charge on any atom is -0.465 e. The molecule has 0 bridgehead atoms. The van der Waals surface area contributed by atoms with E-state index in [2.05, 4.69) is 20.7 Å². The average Bonchev–Trinajstić information content (AvgIpc) is 2.20. The first kappa shape index (κ1) is 11.2. The van der Waals surface area contributed by atoms with Gasteiger partial charge in [-0.2, -0.15) is 0 Å². The zero-order valence-electron chi connectivity index (χ0n) is 7.21. The summed E-state index contributed by atoms with van der Waals surface area (Å²) in [6.45, 7) is 0. The molecule has 1 aromatic rings. The van der Waals surface area contributed by atoms with Crippen LogP contribution in [0, 0.1) is 0 Å². The minimum absolute atomic E-state index is 0.172. The van der Waals surface area contributed by atoms with E-state index in [-0.39, 0.29) is 10.6 Å². The third-order valence-corrected chi connectivity index (χ3v) is 2.85. The van der Waals surface area contributed by atoms with Gasteiger partial charge in [-0.3, -0.25) is 4.79 Å². The Balaban J connectivity index is 3.33. The van der Waals surface area contributed by atoms with Gasteiger partial charge in [-0.25, -0.2) is 4.79 Å². The molecule has 74 valence electrons. The van der Waals surface area contributed by atoms with Gasteiger partial charge in [0.15, 0.2) is 0 Å². The first-order valence-corrected chi connectivity index (χ1v) is 4.79. The van der Waals surface area contributed by atoms with Crippen molar-refractivity contribution in [2.45, 2.75) is 0 Å². The molecule has 1 aromatic carbocycles. The number of rotatable bonds is 2. The summed E-state index contributed by atoms with van der Waals surface area (Å²) in [5.74, 6) is -0.570. The lowest BCUT2D eigenvalue weighted by molar-refractivity contribution is 0.0601. The number of methoxy groups -OCH3 is 1. The van der Waals surface area contributed by atoms with Gasteiger partial charge in [0.2, 0.25) is 0 Å². The van der Waals surface area contributed by atoms with E-state index in [1.165, 1.54) is 19.2 Å². The third kappa shape index (κ3) is 2.13. The first-order valence-electron chi connectivity index (χ1n) is 3.62. The van der Waals surface area contributed by atoms with Crippen LogP contribution in [0.1, 0.15) is 20.7 Å². The highest BCUT2D eigenvalue weighted by atomic mass is 79.9. The molecule has 5 heteroatoms. The minimum atomic E-state index is -0.570.